The van der Waals surface area contributed by atoms with Crippen molar-refractivity contribution in [1.82, 2.24) is 19.9 Å². The molecule has 0 atom stereocenters. The summed E-state index contributed by atoms with van der Waals surface area (Å²) in [6.07, 6.45) is 6.04. The number of carbonyl (C=O) groups excluding carboxylic acids is 1. The molecular weight excluding hydrogens is 368 g/mol. The van der Waals surface area contributed by atoms with E-state index >= 15 is 0 Å². The van der Waals surface area contributed by atoms with Crippen LogP contribution in [0.5, 0.6) is 0 Å². The average molecular weight is 399 g/mol. The van der Waals surface area contributed by atoms with Crippen molar-refractivity contribution < 1.29 is 9.53 Å². The Morgan fingerprint density at radius 2 is 2.00 bits per heavy atom. The van der Waals surface area contributed by atoms with Crippen LogP contribution in [0.2, 0.25) is 0 Å². The highest BCUT2D eigenvalue weighted by molar-refractivity contribution is 5.67. The molecule has 0 radical (unpaired) electrons. The van der Waals surface area contributed by atoms with Gasteiger partial charge in [0.15, 0.2) is 0 Å². The molecule has 1 saturated heterocycles. The third-order valence-corrected chi connectivity index (χ3v) is 5.07. The largest absolute Gasteiger partial charge is 0.450 e. The van der Waals surface area contributed by atoms with Gasteiger partial charge in [-0.3, -0.25) is 4.98 Å². The minimum absolute atomic E-state index is 0.226. The highest BCUT2D eigenvalue weighted by Gasteiger charge is 2.24. The fourth-order valence-electron chi connectivity index (χ4n) is 3.38. The van der Waals surface area contributed by atoms with E-state index in [1.807, 2.05) is 51.5 Å². The summed E-state index contributed by atoms with van der Waals surface area (Å²) in [7, 11) is 2.05. The van der Waals surface area contributed by atoms with Gasteiger partial charge in [0, 0.05) is 56.9 Å². The number of hydrogen-bond acceptors (Lipinski definition) is 7. The molecule has 0 bridgehead atoms. The Hall–Kier alpha value is -2.90. The molecule has 2 aromatic heterocycles. The first-order valence-electron chi connectivity index (χ1n) is 10.2. The molecule has 0 spiro atoms. The van der Waals surface area contributed by atoms with Crippen molar-refractivity contribution in [1.29, 1.82) is 0 Å². The van der Waals surface area contributed by atoms with Crippen molar-refractivity contribution in [2.75, 3.05) is 43.5 Å². The summed E-state index contributed by atoms with van der Waals surface area (Å²) in [6, 6.07) is 6.32. The number of hydrogen-bond donors (Lipinski definition) is 1. The number of pyridine rings is 1. The molecule has 1 aliphatic rings. The molecule has 1 aliphatic heterocycles. The van der Waals surface area contributed by atoms with E-state index in [9.17, 15) is 4.79 Å². The van der Waals surface area contributed by atoms with Gasteiger partial charge in [-0.15, -0.1) is 0 Å². The minimum atomic E-state index is -0.226. The van der Waals surface area contributed by atoms with Gasteiger partial charge in [0.05, 0.1) is 6.61 Å². The van der Waals surface area contributed by atoms with E-state index in [1.54, 1.807) is 4.90 Å². The smallest absolute Gasteiger partial charge is 0.409 e. The maximum atomic E-state index is 11.8. The van der Waals surface area contributed by atoms with Gasteiger partial charge >= 0.3 is 6.09 Å². The van der Waals surface area contributed by atoms with Crippen LogP contribution in [0, 0.1) is 6.92 Å². The quantitative estimate of drug-likeness (QED) is 0.768. The Morgan fingerprint density at radius 1 is 1.28 bits per heavy atom. The third kappa shape index (κ3) is 6.04. The van der Waals surface area contributed by atoms with Crippen LogP contribution in [0.15, 0.2) is 30.6 Å². The number of nitrogens with one attached hydrogen (secondary N) is 1. The van der Waals surface area contributed by atoms with Gasteiger partial charge in [-0.05, 0) is 50.8 Å². The van der Waals surface area contributed by atoms with Crippen LogP contribution in [-0.4, -0.2) is 65.3 Å². The molecule has 3 heterocycles. The van der Waals surface area contributed by atoms with Crippen molar-refractivity contribution in [3.8, 4) is 0 Å². The summed E-state index contributed by atoms with van der Waals surface area (Å²) in [5, 5.41) is 3.45. The molecule has 156 valence electrons. The van der Waals surface area contributed by atoms with Crippen LogP contribution in [-0.2, 0) is 11.2 Å². The Labute approximate surface area is 172 Å². The van der Waals surface area contributed by atoms with Gasteiger partial charge < -0.3 is 19.9 Å². The van der Waals surface area contributed by atoms with Crippen molar-refractivity contribution in [3.63, 3.8) is 0 Å². The second-order valence-corrected chi connectivity index (χ2v) is 7.32. The van der Waals surface area contributed by atoms with E-state index in [-0.39, 0.29) is 12.1 Å². The normalized spacial score (nSPS) is 14.5. The molecule has 1 N–H and O–H groups in total. The van der Waals surface area contributed by atoms with Crippen molar-refractivity contribution in [2.24, 2.45) is 0 Å². The maximum Gasteiger partial charge on any atom is 0.409 e. The number of aryl methyl sites for hydroxylation is 1. The van der Waals surface area contributed by atoms with Crippen molar-refractivity contribution >= 4 is 17.9 Å². The molecule has 0 saturated carbocycles. The molecular formula is C21H30N6O2. The lowest BCUT2D eigenvalue weighted by molar-refractivity contribution is 0.0983. The van der Waals surface area contributed by atoms with E-state index in [2.05, 4.69) is 20.2 Å². The molecule has 0 aliphatic carbocycles. The molecule has 0 unspecified atom stereocenters. The van der Waals surface area contributed by atoms with Gasteiger partial charge in [0.25, 0.3) is 0 Å². The highest BCUT2D eigenvalue weighted by atomic mass is 16.6. The zero-order chi connectivity index (χ0) is 20.6. The lowest BCUT2D eigenvalue weighted by Gasteiger charge is -2.31. The lowest BCUT2D eigenvalue weighted by atomic mass is 10.1. The van der Waals surface area contributed by atoms with Gasteiger partial charge in [-0.25, -0.2) is 9.78 Å². The van der Waals surface area contributed by atoms with Crippen LogP contribution >= 0.6 is 0 Å². The Morgan fingerprint density at radius 3 is 2.69 bits per heavy atom. The second kappa shape index (κ2) is 10.0. The first-order valence-corrected chi connectivity index (χ1v) is 10.2. The van der Waals surface area contributed by atoms with Crippen LogP contribution in [0.3, 0.4) is 0 Å². The fourth-order valence-corrected chi connectivity index (χ4v) is 3.38. The van der Waals surface area contributed by atoms with Crippen molar-refractivity contribution in [3.05, 3.63) is 41.9 Å². The Kier molecular flexibility index (Phi) is 7.21. The minimum Gasteiger partial charge on any atom is -0.450 e. The SMILES string of the molecule is CCOC(=O)N1CCC(Nc2nc(C)cc(N(C)CCc3ccncc3)n2)CC1. The van der Waals surface area contributed by atoms with Crippen LogP contribution in [0.1, 0.15) is 31.0 Å². The zero-order valence-electron chi connectivity index (χ0n) is 17.5. The molecule has 0 aromatic carbocycles. The van der Waals surface area contributed by atoms with Gasteiger partial charge in [0.1, 0.15) is 5.82 Å². The number of amides is 1. The van der Waals surface area contributed by atoms with Gasteiger partial charge in [-0.2, -0.15) is 4.98 Å². The molecule has 3 rings (SSSR count). The number of likely N-dealkylation sites (N-methyl/N-ethyl adjacent to an activating group) is 1. The van der Waals surface area contributed by atoms with E-state index in [4.69, 9.17) is 9.72 Å². The zero-order valence-corrected chi connectivity index (χ0v) is 17.5. The monoisotopic (exact) mass is 398 g/mol. The first kappa shape index (κ1) is 20.8. The number of ether oxygens (including phenoxy) is 1. The molecule has 2 aromatic rings. The summed E-state index contributed by atoms with van der Waals surface area (Å²) in [5.74, 6) is 1.54. The van der Waals surface area contributed by atoms with Gasteiger partial charge in [-0.1, -0.05) is 0 Å². The van der Waals surface area contributed by atoms with Crippen LogP contribution in [0.25, 0.3) is 0 Å². The number of carbonyl (C=O) groups is 1. The van der Waals surface area contributed by atoms with E-state index in [1.165, 1.54) is 5.56 Å². The first-order chi connectivity index (χ1) is 14.0. The summed E-state index contributed by atoms with van der Waals surface area (Å²) in [5.41, 5.74) is 2.18. The Balaban J connectivity index is 1.56. The predicted octanol–water partition coefficient (Wildman–Crippen LogP) is 2.89. The fraction of sp³-hybridized carbons (Fsp3) is 0.524. The summed E-state index contributed by atoms with van der Waals surface area (Å²) in [6.45, 7) is 6.44. The van der Waals surface area contributed by atoms with Crippen LogP contribution in [0.4, 0.5) is 16.6 Å². The lowest BCUT2D eigenvalue weighted by Crippen LogP contribution is -2.42. The number of likely N-dealkylation sites (tertiary alicyclic amines) is 1. The van der Waals surface area contributed by atoms with E-state index < -0.39 is 0 Å². The average Bonchev–Trinajstić information content (AvgIpc) is 2.73. The summed E-state index contributed by atoms with van der Waals surface area (Å²) >= 11 is 0. The van der Waals surface area contributed by atoms with Crippen molar-refractivity contribution in [2.45, 2.75) is 39.2 Å². The standard InChI is InChI=1S/C21H30N6O2/c1-4-29-21(28)27-13-8-18(9-14-27)24-20-23-16(2)15-19(25-20)26(3)12-7-17-5-10-22-11-6-17/h5-6,10-11,15,18H,4,7-9,12-14H2,1-3H3,(H,23,24,25). The molecule has 29 heavy (non-hydrogen) atoms. The number of piperidine rings is 1. The maximum absolute atomic E-state index is 11.8. The van der Waals surface area contributed by atoms with E-state index in [0.717, 1.165) is 37.3 Å². The number of anilines is 2. The molecule has 8 nitrogen and oxygen atoms in total. The number of aromatic nitrogens is 3. The van der Waals surface area contributed by atoms with Crippen LogP contribution < -0.4 is 10.2 Å². The third-order valence-electron chi connectivity index (χ3n) is 5.07. The van der Waals surface area contributed by atoms with Gasteiger partial charge in [0.2, 0.25) is 5.95 Å². The topological polar surface area (TPSA) is 83.5 Å². The highest BCUT2D eigenvalue weighted by Crippen LogP contribution is 2.18. The second-order valence-electron chi connectivity index (χ2n) is 7.32. The number of rotatable bonds is 7. The molecule has 1 amide bonds. The summed E-state index contributed by atoms with van der Waals surface area (Å²) < 4.78 is 5.08. The summed E-state index contributed by atoms with van der Waals surface area (Å²) in [4.78, 5) is 29.1. The number of nitrogens with zero attached hydrogens (tertiary/aromatic N) is 5. The Bertz CT molecular complexity index is 793. The molecule has 8 heteroatoms. The molecule has 1 fully saturated rings. The predicted molar refractivity (Wildman–Crippen MR) is 113 cm³/mol. The van der Waals surface area contributed by atoms with E-state index in [0.29, 0.717) is 25.6 Å².